The first-order chi connectivity index (χ1) is 7.24. The summed E-state index contributed by atoms with van der Waals surface area (Å²) in [6, 6.07) is 7.87. The van der Waals surface area contributed by atoms with E-state index in [0.29, 0.717) is 0 Å². The summed E-state index contributed by atoms with van der Waals surface area (Å²) in [5.41, 5.74) is 9.85. The summed E-state index contributed by atoms with van der Waals surface area (Å²) in [5.74, 6) is 0. The van der Waals surface area contributed by atoms with Crippen molar-refractivity contribution in [3.8, 4) is 0 Å². The lowest BCUT2D eigenvalue weighted by molar-refractivity contribution is 0.564. The molecule has 0 saturated heterocycles. The van der Waals surface area contributed by atoms with Crippen molar-refractivity contribution >= 4 is 11.4 Å². The zero-order valence-corrected chi connectivity index (χ0v) is 8.66. The van der Waals surface area contributed by atoms with E-state index < -0.39 is 0 Å². The van der Waals surface area contributed by atoms with Crippen LogP contribution in [-0.2, 0) is 6.54 Å². The predicted molar refractivity (Wildman–Crippen MR) is 61.6 cm³/mol. The van der Waals surface area contributed by atoms with Crippen LogP contribution in [0.2, 0.25) is 0 Å². The van der Waals surface area contributed by atoms with Crippen LogP contribution in [0.3, 0.4) is 0 Å². The first-order valence-corrected chi connectivity index (χ1v) is 4.86. The molecule has 2 aromatic rings. The van der Waals surface area contributed by atoms with E-state index in [4.69, 9.17) is 10.2 Å². The fourth-order valence-electron chi connectivity index (χ4n) is 1.51. The molecule has 3 heteroatoms. The maximum atomic E-state index is 5.75. The fraction of sp³-hybridized carbons (Fsp3) is 0.167. The molecule has 1 heterocycles. The summed E-state index contributed by atoms with van der Waals surface area (Å²) in [5, 5.41) is 3.29. The summed E-state index contributed by atoms with van der Waals surface area (Å²) in [6.45, 7) is 2.78. The zero-order chi connectivity index (χ0) is 10.7. The summed E-state index contributed by atoms with van der Waals surface area (Å²) in [6.07, 6.45) is 3.40. The Bertz CT molecular complexity index is 415. The van der Waals surface area contributed by atoms with Crippen molar-refractivity contribution < 1.29 is 4.42 Å². The predicted octanol–water partition coefficient (Wildman–Crippen LogP) is 2.78. The molecule has 0 amide bonds. The molecule has 0 aliphatic heterocycles. The van der Waals surface area contributed by atoms with E-state index in [9.17, 15) is 0 Å². The van der Waals surface area contributed by atoms with Crippen LogP contribution in [0.4, 0.5) is 11.4 Å². The van der Waals surface area contributed by atoms with Gasteiger partial charge in [-0.25, -0.2) is 0 Å². The van der Waals surface area contributed by atoms with Gasteiger partial charge in [-0.05, 0) is 36.8 Å². The van der Waals surface area contributed by atoms with Gasteiger partial charge in [0.1, 0.15) is 0 Å². The van der Waals surface area contributed by atoms with E-state index in [2.05, 4.69) is 11.4 Å². The molecule has 3 N–H and O–H groups in total. The van der Waals surface area contributed by atoms with Gasteiger partial charge in [0.05, 0.1) is 12.5 Å². The van der Waals surface area contributed by atoms with Gasteiger partial charge in [0.15, 0.2) is 0 Å². The average molecular weight is 202 g/mol. The van der Waals surface area contributed by atoms with Crippen LogP contribution in [0.25, 0.3) is 0 Å². The molecular formula is C12H14N2O. The van der Waals surface area contributed by atoms with Crippen LogP contribution >= 0.6 is 0 Å². The first-order valence-electron chi connectivity index (χ1n) is 4.86. The van der Waals surface area contributed by atoms with E-state index in [1.165, 1.54) is 0 Å². The van der Waals surface area contributed by atoms with Crippen molar-refractivity contribution in [1.82, 2.24) is 0 Å². The maximum Gasteiger partial charge on any atom is 0.0952 e. The molecule has 1 aromatic carbocycles. The highest BCUT2D eigenvalue weighted by atomic mass is 16.3. The highest BCUT2D eigenvalue weighted by Crippen LogP contribution is 2.16. The minimum Gasteiger partial charge on any atom is -0.472 e. The van der Waals surface area contributed by atoms with Gasteiger partial charge in [0.2, 0.25) is 0 Å². The average Bonchev–Trinajstić information content (AvgIpc) is 2.65. The molecule has 0 aliphatic carbocycles. The number of benzene rings is 1. The van der Waals surface area contributed by atoms with E-state index in [1.807, 2.05) is 25.1 Å². The molecule has 0 unspecified atom stereocenters. The zero-order valence-electron chi connectivity index (χ0n) is 8.66. The monoisotopic (exact) mass is 202 g/mol. The molecule has 78 valence electrons. The lowest BCUT2D eigenvalue weighted by atomic mass is 10.2. The number of hydrogen-bond acceptors (Lipinski definition) is 3. The Morgan fingerprint density at radius 1 is 1.33 bits per heavy atom. The van der Waals surface area contributed by atoms with Gasteiger partial charge in [-0.15, -0.1) is 0 Å². The SMILES string of the molecule is Cc1cc(N)cc(NCc2ccoc2)c1. The minimum atomic E-state index is 0.749. The summed E-state index contributed by atoms with van der Waals surface area (Å²) in [4.78, 5) is 0. The Hall–Kier alpha value is -1.90. The first kappa shape index (κ1) is 9.65. The lowest BCUT2D eigenvalue weighted by Gasteiger charge is -2.06. The highest BCUT2D eigenvalue weighted by molar-refractivity contribution is 5.56. The second-order valence-corrected chi connectivity index (χ2v) is 3.62. The number of nitrogens with one attached hydrogen (secondary N) is 1. The van der Waals surface area contributed by atoms with Gasteiger partial charge in [0.25, 0.3) is 0 Å². The summed E-state index contributed by atoms with van der Waals surface area (Å²) < 4.78 is 4.99. The van der Waals surface area contributed by atoms with Crippen molar-refractivity contribution in [2.24, 2.45) is 0 Å². The molecule has 2 rings (SSSR count). The molecule has 0 bridgehead atoms. The number of nitrogens with two attached hydrogens (primary N) is 1. The van der Waals surface area contributed by atoms with Crippen LogP contribution in [0.1, 0.15) is 11.1 Å². The molecule has 0 saturated carbocycles. The minimum absolute atomic E-state index is 0.749. The molecule has 0 radical (unpaired) electrons. The lowest BCUT2D eigenvalue weighted by Crippen LogP contribution is -1.99. The number of aryl methyl sites for hydroxylation is 1. The molecule has 0 spiro atoms. The van der Waals surface area contributed by atoms with Gasteiger partial charge >= 0.3 is 0 Å². The molecule has 0 aliphatic rings. The number of hydrogen-bond donors (Lipinski definition) is 2. The Labute approximate surface area is 88.9 Å². The van der Waals surface area contributed by atoms with Crippen LogP contribution in [0.5, 0.6) is 0 Å². The third kappa shape index (κ3) is 2.53. The van der Waals surface area contributed by atoms with E-state index in [0.717, 1.165) is 29.0 Å². The molecule has 3 nitrogen and oxygen atoms in total. The largest absolute Gasteiger partial charge is 0.472 e. The topological polar surface area (TPSA) is 51.2 Å². The van der Waals surface area contributed by atoms with Crippen molar-refractivity contribution in [2.75, 3.05) is 11.1 Å². The molecular weight excluding hydrogens is 188 g/mol. The Morgan fingerprint density at radius 3 is 2.87 bits per heavy atom. The fourth-order valence-corrected chi connectivity index (χ4v) is 1.51. The van der Waals surface area contributed by atoms with E-state index >= 15 is 0 Å². The normalized spacial score (nSPS) is 10.2. The van der Waals surface area contributed by atoms with Crippen LogP contribution in [0.15, 0.2) is 41.2 Å². The van der Waals surface area contributed by atoms with Gasteiger partial charge in [-0.3, -0.25) is 0 Å². The van der Waals surface area contributed by atoms with Crippen molar-refractivity contribution in [2.45, 2.75) is 13.5 Å². The number of furan rings is 1. The second-order valence-electron chi connectivity index (χ2n) is 3.62. The maximum absolute atomic E-state index is 5.75. The molecule has 0 fully saturated rings. The van der Waals surface area contributed by atoms with E-state index in [-0.39, 0.29) is 0 Å². The Kier molecular flexibility index (Phi) is 2.63. The number of nitrogen functional groups attached to an aromatic ring is 1. The van der Waals surface area contributed by atoms with Gasteiger partial charge in [0, 0.05) is 23.5 Å². The summed E-state index contributed by atoms with van der Waals surface area (Å²) in [7, 11) is 0. The quantitative estimate of drug-likeness (QED) is 0.752. The van der Waals surface area contributed by atoms with Crippen LogP contribution < -0.4 is 11.1 Å². The smallest absolute Gasteiger partial charge is 0.0952 e. The molecule has 0 atom stereocenters. The Morgan fingerprint density at radius 2 is 2.20 bits per heavy atom. The molecule has 15 heavy (non-hydrogen) atoms. The van der Waals surface area contributed by atoms with Gasteiger partial charge in [-0.2, -0.15) is 0 Å². The van der Waals surface area contributed by atoms with Gasteiger partial charge < -0.3 is 15.5 Å². The number of rotatable bonds is 3. The highest BCUT2D eigenvalue weighted by Gasteiger charge is 1.97. The van der Waals surface area contributed by atoms with Crippen molar-refractivity contribution in [3.63, 3.8) is 0 Å². The third-order valence-corrected chi connectivity index (χ3v) is 2.18. The standard InChI is InChI=1S/C12H14N2O/c1-9-4-11(13)6-12(5-9)14-7-10-2-3-15-8-10/h2-6,8,14H,7,13H2,1H3. The summed E-state index contributed by atoms with van der Waals surface area (Å²) >= 11 is 0. The van der Waals surface area contributed by atoms with Crippen molar-refractivity contribution in [1.29, 1.82) is 0 Å². The van der Waals surface area contributed by atoms with Crippen LogP contribution in [0, 0.1) is 6.92 Å². The van der Waals surface area contributed by atoms with Gasteiger partial charge in [-0.1, -0.05) is 0 Å². The van der Waals surface area contributed by atoms with E-state index in [1.54, 1.807) is 12.5 Å². The number of anilines is 2. The van der Waals surface area contributed by atoms with Crippen LogP contribution in [-0.4, -0.2) is 0 Å². The Balaban J connectivity index is 2.05. The third-order valence-electron chi connectivity index (χ3n) is 2.18. The van der Waals surface area contributed by atoms with Crippen molar-refractivity contribution in [3.05, 3.63) is 47.9 Å². The molecule has 1 aromatic heterocycles. The second kappa shape index (κ2) is 4.09.